The fourth-order valence-electron chi connectivity index (χ4n) is 1.58. The van der Waals surface area contributed by atoms with Gasteiger partial charge >= 0.3 is 6.18 Å². The molecule has 0 spiro atoms. The Morgan fingerprint density at radius 2 is 2.20 bits per heavy atom. The van der Waals surface area contributed by atoms with E-state index in [1.165, 1.54) is 12.3 Å². The quantitative estimate of drug-likeness (QED) is 0.916. The molecule has 0 aliphatic carbocycles. The van der Waals surface area contributed by atoms with Gasteiger partial charge in [0, 0.05) is 18.7 Å². The van der Waals surface area contributed by atoms with Crippen LogP contribution in [0.4, 0.5) is 19.0 Å². The number of nitrogens with one attached hydrogen (secondary N) is 1. The molecule has 9 heteroatoms. The van der Waals surface area contributed by atoms with Crippen LogP contribution in [0.5, 0.6) is 0 Å². The van der Waals surface area contributed by atoms with E-state index in [-0.39, 0.29) is 6.04 Å². The largest absolute Gasteiger partial charge is 0.408 e. The molecule has 2 heterocycles. The number of anilines is 1. The van der Waals surface area contributed by atoms with Crippen LogP contribution in [0, 0.1) is 0 Å². The van der Waals surface area contributed by atoms with E-state index in [0.29, 0.717) is 24.0 Å². The van der Waals surface area contributed by atoms with Gasteiger partial charge in [0.2, 0.25) is 5.89 Å². The minimum Gasteiger partial charge on any atom is -0.357 e. The van der Waals surface area contributed by atoms with Crippen LogP contribution in [0.2, 0.25) is 0 Å². The molecule has 2 aromatic heterocycles. The van der Waals surface area contributed by atoms with Crippen molar-refractivity contribution in [1.82, 2.24) is 19.9 Å². The Bertz CT molecular complexity index is 562. The van der Waals surface area contributed by atoms with Crippen molar-refractivity contribution in [3.05, 3.63) is 24.0 Å². The summed E-state index contributed by atoms with van der Waals surface area (Å²) >= 11 is 0. The molecule has 1 unspecified atom stereocenters. The van der Waals surface area contributed by atoms with Gasteiger partial charge in [0.25, 0.3) is 0 Å². The number of aryl methyl sites for hydroxylation is 1. The Kier molecular flexibility index (Phi) is 3.96. The highest BCUT2D eigenvalue weighted by Gasteiger charge is 2.28. The van der Waals surface area contributed by atoms with Crippen molar-refractivity contribution >= 4 is 5.82 Å². The highest BCUT2D eigenvalue weighted by Crippen LogP contribution is 2.19. The van der Waals surface area contributed by atoms with Gasteiger partial charge in [0.1, 0.15) is 18.4 Å². The summed E-state index contributed by atoms with van der Waals surface area (Å²) in [4.78, 5) is 4.14. The van der Waals surface area contributed by atoms with Gasteiger partial charge < -0.3 is 9.84 Å². The van der Waals surface area contributed by atoms with Crippen LogP contribution >= 0.6 is 0 Å². The van der Waals surface area contributed by atoms with E-state index >= 15 is 0 Å². The van der Waals surface area contributed by atoms with E-state index in [0.717, 1.165) is 4.68 Å². The molecule has 1 atom stereocenters. The third-order valence-corrected chi connectivity index (χ3v) is 2.52. The summed E-state index contributed by atoms with van der Waals surface area (Å²) in [6.45, 7) is 2.53. The van der Waals surface area contributed by atoms with Crippen molar-refractivity contribution in [2.24, 2.45) is 0 Å². The fourth-order valence-corrected chi connectivity index (χ4v) is 1.58. The second-order valence-electron chi connectivity index (χ2n) is 4.28. The lowest BCUT2D eigenvalue weighted by molar-refractivity contribution is -0.142. The Morgan fingerprint density at radius 3 is 2.80 bits per heavy atom. The number of aromatic nitrogens is 4. The van der Waals surface area contributed by atoms with E-state index in [2.05, 4.69) is 20.6 Å². The molecule has 0 amide bonds. The zero-order valence-electron chi connectivity index (χ0n) is 11.0. The predicted octanol–water partition coefficient (Wildman–Crippen LogP) is 2.56. The normalized spacial score (nSPS) is 13.4. The van der Waals surface area contributed by atoms with E-state index in [9.17, 15) is 13.2 Å². The van der Waals surface area contributed by atoms with Crippen molar-refractivity contribution in [3.63, 3.8) is 0 Å². The van der Waals surface area contributed by atoms with Crippen LogP contribution in [-0.2, 0) is 13.0 Å². The second kappa shape index (κ2) is 5.51. The number of hydrogen-bond acceptors (Lipinski definition) is 5. The molecule has 0 bridgehead atoms. The molecule has 110 valence electrons. The number of nitrogens with zero attached hydrogens (tertiary/aromatic N) is 4. The minimum atomic E-state index is -4.29. The molecule has 0 aliphatic heterocycles. The molecule has 0 fully saturated rings. The van der Waals surface area contributed by atoms with Gasteiger partial charge in [-0.05, 0) is 6.92 Å². The maximum atomic E-state index is 12.2. The van der Waals surface area contributed by atoms with Gasteiger partial charge in [0.15, 0.2) is 5.82 Å². The highest BCUT2D eigenvalue weighted by molar-refractivity contribution is 5.34. The fraction of sp³-hybridized carbons (Fsp3) is 0.545. The zero-order chi connectivity index (χ0) is 14.8. The number of rotatable bonds is 5. The second-order valence-corrected chi connectivity index (χ2v) is 4.28. The lowest BCUT2D eigenvalue weighted by Crippen LogP contribution is -2.18. The first kappa shape index (κ1) is 14.4. The molecule has 0 radical (unpaired) electrons. The molecule has 20 heavy (non-hydrogen) atoms. The molecular weight excluding hydrogens is 275 g/mol. The molecule has 6 nitrogen and oxygen atoms in total. The third kappa shape index (κ3) is 3.72. The van der Waals surface area contributed by atoms with E-state index in [1.54, 1.807) is 6.92 Å². The highest BCUT2D eigenvalue weighted by atomic mass is 19.4. The average Bonchev–Trinajstić information content (AvgIpc) is 2.96. The van der Waals surface area contributed by atoms with Crippen molar-refractivity contribution in [1.29, 1.82) is 0 Å². The summed E-state index contributed by atoms with van der Waals surface area (Å²) in [5, 5.41) is 10.4. The maximum Gasteiger partial charge on any atom is 0.408 e. The summed E-state index contributed by atoms with van der Waals surface area (Å²) in [5.74, 6) is 1.27. The smallest absolute Gasteiger partial charge is 0.357 e. The number of alkyl halides is 3. The van der Waals surface area contributed by atoms with Crippen molar-refractivity contribution in [2.75, 3.05) is 5.32 Å². The molecule has 0 saturated carbocycles. The standard InChI is InChI=1S/C11H14F3N5O/c1-3-8-16-10(20-18-8)7(2)15-9-4-5-19(17-9)6-11(12,13)14/h4-5,7H,3,6H2,1-2H3,(H,15,17). The predicted molar refractivity (Wildman–Crippen MR) is 64.0 cm³/mol. The van der Waals surface area contributed by atoms with Crippen molar-refractivity contribution in [3.8, 4) is 0 Å². The Labute approximate surface area is 113 Å². The summed E-state index contributed by atoms with van der Waals surface area (Å²) in [5.41, 5.74) is 0. The molecule has 0 aromatic carbocycles. The minimum absolute atomic E-state index is 0.318. The molecule has 2 aromatic rings. The molecule has 0 aliphatic rings. The van der Waals surface area contributed by atoms with E-state index < -0.39 is 12.7 Å². The van der Waals surface area contributed by atoms with Gasteiger partial charge in [-0.2, -0.15) is 23.3 Å². The topological polar surface area (TPSA) is 68.8 Å². The van der Waals surface area contributed by atoms with Gasteiger partial charge in [-0.1, -0.05) is 12.1 Å². The van der Waals surface area contributed by atoms with Crippen LogP contribution in [0.3, 0.4) is 0 Å². The summed E-state index contributed by atoms with van der Waals surface area (Å²) < 4.78 is 42.5. The van der Waals surface area contributed by atoms with Gasteiger partial charge in [-0.25, -0.2) is 0 Å². The first-order valence-corrected chi connectivity index (χ1v) is 6.06. The van der Waals surface area contributed by atoms with Gasteiger partial charge in [0.05, 0.1) is 0 Å². The molecule has 1 N–H and O–H groups in total. The average molecular weight is 289 g/mol. The lowest BCUT2D eigenvalue weighted by atomic mass is 10.3. The maximum absolute atomic E-state index is 12.2. The summed E-state index contributed by atoms with van der Waals surface area (Å²) in [6, 6.07) is 1.12. The van der Waals surface area contributed by atoms with Gasteiger partial charge in [-0.3, -0.25) is 4.68 Å². The first-order valence-electron chi connectivity index (χ1n) is 6.06. The monoisotopic (exact) mass is 289 g/mol. The third-order valence-electron chi connectivity index (χ3n) is 2.52. The van der Waals surface area contributed by atoms with Crippen LogP contribution in [0.25, 0.3) is 0 Å². The van der Waals surface area contributed by atoms with Crippen LogP contribution < -0.4 is 5.32 Å². The SMILES string of the molecule is CCc1noc(C(C)Nc2ccn(CC(F)(F)F)n2)n1. The van der Waals surface area contributed by atoms with Gasteiger partial charge in [-0.15, -0.1) is 0 Å². The number of halogens is 3. The molecule has 2 rings (SSSR count). The Balaban J connectivity index is 1.99. The van der Waals surface area contributed by atoms with Crippen molar-refractivity contribution < 1.29 is 17.7 Å². The Morgan fingerprint density at radius 1 is 1.45 bits per heavy atom. The van der Waals surface area contributed by atoms with E-state index in [4.69, 9.17) is 4.52 Å². The van der Waals surface area contributed by atoms with Crippen LogP contribution in [-0.4, -0.2) is 26.1 Å². The number of hydrogen-bond donors (Lipinski definition) is 1. The summed E-state index contributed by atoms with van der Waals surface area (Å²) in [6.07, 6.45) is -2.39. The summed E-state index contributed by atoms with van der Waals surface area (Å²) in [7, 11) is 0. The molecule has 0 saturated heterocycles. The van der Waals surface area contributed by atoms with Crippen LogP contribution in [0.15, 0.2) is 16.8 Å². The van der Waals surface area contributed by atoms with Crippen molar-refractivity contribution in [2.45, 2.75) is 39.0 Å². The zero-order valence-corrected chi connectivity index (χ0v) is 11.0. The first-order chi connectivity index (χ1) is 9.37. The van der Waals surface area contributed by atoms with E-state index in [1.807, 2.05) is 6.92 Å². The Hall–Kier alpha value is -2.06. The van der Waals surface area contributed by atoms with Crippen LogP contribution in [0.1, 0.15) is 31.6 Å². The molecular formula is C11H14F3N5O. The lowest BCUT2D eigenvalue weighted by Gasteiger charge is -2.08.